The van der Waals surface area contributed by atoms with Gasteiger partial charge in [0.15, 0.2) is 0 Å². The molecular formula is C7H12OSi. The smallest absolute Gasteiger partial charge is 0.231 e. The molecule has 0 aromatic carbocycles. The quantitative estimate of drug-likeness (QED) is 0.500. The largest absolute Gasteiger partial charge is 0.550 e. The molecule has 0 aliphatic carbocycles. The second-order valence-electron chi connectivity index (χ2n) is 2.17. The normalized spacial score (nSPS) is 23.3. The molecular weight excluding hydrogens is 128 g/mol. The van der Waals surface area contributed by atoms with Crippen molar-refractivity contribution in [3.63, 3.8) is 0 Å². The summed E-state index contributed by atoms with van der Waals surface area (Å²) in [6, 6.07) is 1.27. The highest BCUT2D eigenvalue weighted by Crippen LogP contribution is 2.05. The van der Waals surface area contributed by atoms with Gasteiger partial charge >= 0.3 is 0 Å². The van der Waals surface area contributed by atoms with Crippen LogP contribution in [0, 0.1) is 0 Å². The monoisotopic (exact) mass is 140 g/mol. The second-order valence-corrected chi connectivity index (χ2v) is 4.23. The van der Waals surface area contributed by atoms with E-state index in [1.807, 2.05) is 6.08 Å². The molecule has 1 aliphatic heterocycles. The summed E-state index contributed by atoms with van der Waals surface area (Å²) in [5.74, 6) is 0. The van der Waals surface area contributed by atoms with E-state index in [2.05, 4.69) is 12.3 Å². The van der Waals surface area contributed by atoms with Gasteiger partial charge in [-0.15, -0.1) is 0 Å². The minimum atomic E-state index is -0.542. The fraction of sp³-hybridized carbons (Fsp3) is 0.571. The number of rotatable bonds is 1. The SMILES string of the molecule is C=CC=[Si]1CCCCO1. The van der Waals surface area contributed by atoms with Crippen LogP contribution in [0.1, 0.15) is 12.8 Å². The van der Waals surface area contributed by atoms with Crippen LogP contribution in [0.4, 0.5) is 0 Å². The maximum atomic E-state index is 5.49. The van der Waals surface area contributed by atoms with Crippen molar-refractivity contribution in [1.82, 2.24) is 0 Å². The Morgan fingerprint density at radius 2 is 2.33 bits per heavy atom. The van der Waals surface area contributed by atoms with Gasteiger partial charge in [0.25, 0.3) is 0 Å². The van der Waals surface area contributed by atoms with Crippen LogP contribution in [0.2, 0.25) is 6.04 Å². The van der Waals surface area contributed by atoms with Crippen molar-refractivity contribution in [2.45, 2.75) is 18.9 Å². The maximum absolute atomic E-state index is 5.49. The number of allylic oxidation sites excluding steroid dienone is 1. The van der Waals surface area contributed by atoms with Crippen molar-refractivity contribution in [2.75, 3.05) is 6.61 Å². The van der Waals surface area contributed by atoms with Crippen LogP contribution in [0.15, 0.2) is 12.7 Å². The highest BCUT2D eigenvalue weighted by Gasteiger charge is 2.05. The predicted molar refractivity (Wildman–Crippen MR) is 42.0 cm³/mol. The molecule has 0 radical (unpaired) electrons. The van der Waals surface area contributed by atoms with E-state index in [0.717, 1.165) is 6.61 Å². The summed E-state index contributed by atoms with van der Waals surface area (Å²) in [6.07, 6.45) is 4.46. The van der Waals surface area contributed by atoms with Gasteiger partial charge in [-0.1, -0.05) is 12.7 Å². The molecule has 1 fully saturated rings. The molecule has 9 heavy (non-hydrogen) atoms. The molecule has 2 heteroatoms. The lowest BCUT2D eigenvalue weighted by Crippen LogP contribution is -2.16. The van der Waals surface area contributed by atoms with Crippen molar-refractivity contribution in [2.24, 2.45) is 0 Å². The van der Waals surface area contributed by atoms with Crippen molar-refractivity contribution < 1.29 is 4.43 Å². The van der Waals surface area contributed by atoms with Crippen LogP contribution < -0.4 is 0 Å². The van der Waals surface area contributed by atoms with Crippen molar-refractivity contribution in [3.05, 3.63) is 12.7 Å². The molecule has 1 aliphatic rings. The Balaban J connectivity index is 2.39. The summed E-state index contributed by atoms with van der Waals surface area (Å²) in [5, 5.41) is 0. The van der Waals surface area contributed by atoms with Gasteiger partial charge in [-0.25, -0.2) is 0 Å². The highest BCUT2D eigenvalue weighted by atomic mass is 28.3. The maximum Gasteiger partial charge on any atom is 0.231 e. The third-order valence-corrected chi connectivity index (χ3v) is 3.44. The van der Waals surface area contributed by atoms with E-state index < -0.39 is 8.65 Å². The Morgan fingerprint density at radius 3 is 2.89 bits per heavy atom. The first-order chi connectivity index (χ1) is 4.43. The van der Waals surface area contributed by atoms with E-state index in [1.165, 1.54) is 18.9 Å². The van der Waals surface area contributed by atoms with Gasteiger partial charge in [-0.3, -0.25) is 0 Å². The second kappa shape index (κ2) is 3.61. The topological polar surface area (TPSA) is 9.23 Å². The van der Waals surface area contributed by atoms with Gasteiger partial charge in [0.2, 0.25) is 8.65 Å². The summed E-state index contributed by atoms with van der Waals surface area (Å²) >= 11 is 0. The van der Waals surface area contributed by atoms with Gasteiger partial charge in [-0.2, -0.15) is 0 Å². The molecule has 0 amide bonds. The van der Waals surface area contributed by atoms with E-state index in [4.69, 9.17) is 4.43 Å². The summed E-state index contributed by atoms with van der Waals surface area (Å²) in [4.78, 5) is 0. The van der Waals surface area contributed by atoms with E-state index in [-0.39, 0.29) is 0 Å². The van der Waals surface area contributed by atoms with Crippen LogP contribution in [-0.4, -0.2) is 20.9 Å². The molecule has 0 bridgehead atoms. The molecule has 1 rings (SSSR count). The predicted octanol–water partition coefficient (Wildman–Crippen LogP) is 1.36. The van der Waals surface area contributed by atoms with Crippen molar-refractivity contribution in [1.29, 1.82) is 0 Å². The molecule has 0 saturated carbocycles. The molecule has 0 atom stereocenters. The molecule has 1 heterocycles. The third kappa shape index (κ3) is 2.14. The fourth-order valence-electron chi connectivity index (χ4n) is 0.940. The van der Waals surface area contributed by atoms with Crippen LogP contribution in [0.3, 0.4) is 0 Å². The Labute approximate surface area is 57.7 Å². The average Bonchev–Trinajstić information content (AvgIpc) is 1.91. The number of hydrogen-bond acceptors (Lipinski definition) is 1. The standard InChI is InChI=1S/C7H12OSi/c1-2-6-9-7-4-3-5-8-9/h2,6H,1,3-5,7H2. The summed E-state index contributed by atoms with van der Waals surface area (Å²) in [5.41, 5.74) is 2.13. The Bertz CT molecular complexity index is 121. The molecule has 0 spiro atoms. The lowest BCUT2D eigenvalue weighted by molar-refractivity contribution is 0.301. The molecule has 50 valence electrons. The minimum Gasteiger partial charge on any atom is -0.550 e. The van der Waals surface area contributed by atoms with E-state index in [0.29, 0.717) is 0 Å². The minimum absolute atomic E-state index is 0.542. The fourth-order valence-corrected chi connectivity index (χ4v) is 2.61. The highest BCUT2D eigenvalue weighted by molar-refractivity contribution is 6.62. The Morgan fingerprint density at radius 1 is 1.44 bits per heavy atom. The summed E-state index contributed by atoms with van der Waals surface area (Å²) in [6.45, 7) is 4.62. The van der Waals surface area contributed by atoms with Gasteiger partial charge < -0.3 is 4.43 Å². The molecule has 1 saturated heterocycles. The number of hydrogen-bond donors (Lipinski definition) is 0. The molecule has 0 aromatic rings. The lowest BCUT2D eigenvalue weighted by Gasteiger charge is -2.13. The third-order valence-electron chi connectivity index (χ3n) is 1.41. The Hall–Kier alpha value is -0.373. The zero-order valence-electron chi connectivity index (χ0n) is 5.60. The van der Waals surface area contributed by atoms with Crippen LogP contribution in [0.25, 0.3) is 0 Å². The first-order valence-corrected chi connectivity index (χ1v) is 5.07. The van der Waals surface area contributed by atoms with E-state index in [1.54, 1.807) is 0 Å². The van der Waals surface area contributed by atoms with Crippen LogP contribution >= 0.6 is 0 Å². The molecule has 0 aromatic heterocycles. The van der Waals surface area contributed by atoms with E-state index in [9.17, 15) is 0 Å². The van der Waals surface area contributed by atoms with E-state index >= 15 is 0 Å². The zero-order chi connectivity index (χ0) is 6.53. The van der Waals surface area contributed by atoms with Crippen molar-refractivity contribution in [3.8, 4) is 0 Å². The van der Waals surface area contributed by atoms with Gasteiger partial charge in [-0.05, 0) is 24.6 Å². The zero-order valence-corrected chi connectivity index (χ0v) is 6.60. The van der Waals surface area contributed by atoms with Crippen LogP contribution in [0.5, 0.6) is 0 Å². The molecule has 0 unspecified atom stereocenters. The Kier molecular flexibility index (Phi) is 2.71. The van der Waals surface area contributed by atoms with Crippen LogP contribution in [-0.2, 0) is 4.43 Å². The summed E-state index contributed by atoms with van der Waals surface area (Å²) < 4.78 is 5.49. The lowest BCUT2D eigenvalue weighted by atomic mass is 10.4. The molecule has 0 N–H and O–H groups in total. The first kappa shape index (κ1) is 6.74. The van der Waals surface area contributed by atoms with Gasteiger partial charge in [0.1, 0.15) is 0 Å². The van der Waals surface area contributed by atoms with Gasteiger partial charge in [0.05, 0.1) is 6.61 Å². The average molecular weight is 140 g/mol. The summed E-state index contributed by atoms with van der Waals surface area (Å²) in [7, 11) is -0.542. The molecule has 1 nitrogen and oxygen atoms in total. The first-order valence-electron chi connectivity index (χ1n) is 3.38. The van der Waals surface area contributed by atoms with Crippen molar-refractivity contribution >= 4 is 14.3 Å². The van der Waals surface area contributed by atoms with Gasteiger partial charge in [0, 0.05) is 0 Å².